The highest BCUT2D eigenvalue weighted by molar-refractivity contribution is 14.1. The molecular formula is C12H11FINO. The third-order valence-electron chi connectivity index (χ3n) is 2.35. The minimum atomic E-state index is -0.217. The topological polar surface area (TPSA) is 25.2 Å². The molecule has 84 valence electrons. The van der Waals surface area contributed by atoms with Gasteiger partial charge in [-0.05, 0) is 53.8 Å². The first-order valence-corrected chi connectivity index (χ1v) is 5.98. The zero-order valence-corrected chi connectivity index (χ0v) is 10.9. The normalized spacial score (nSPS) is 12.4. The Kier molecular flexibility index (Phi) is 3.48. The van der Waals surface area contributed by atoms with Crippen LogP contribution in [0.1, 0.15) is 18.5 Å². The molecule has 2 nitrogen and oxygen atoms in total. The fourth-order valence-corrected chi connectivity index (χ4v) is 2.08. The van der Waals surface area contributed by atoms with Crippen molar-refractivity contribution in [3.05, 3.63) is 51.7 Å². The predicted molar refractivity (Wildman–Crippen MR) is 69.9 cm³/mol. The Hall–Kier alpha value is -1.04. The van der Waals surface area contributed by atoms with E-state index in [9.17, 15) is 4.39 Å². The molecule has 1 unspecified atom stereocenters. The largest absolute Gasteiger partial charge is 0.472 e. The summed E-state index contributed by atoms with van der Waals surface area (Å²) in [7, 11) is 0. The van der Waals surface area contributed by atoms with Gasteiger partial charge in [0, 0.05) is 14.8 Å². The molecule has 2 rings (SSSR count). The molecule has 0 fully saturated rings. The number of benzene rings is 1. The van der Waals surface area contributed by atoms with E-state index >= 15 is 0 Å². The van der Waals surface area contributed by atoms with E-state index in [2.05, 4.69) is 27.9 Å². The molecule has 0 aliphatic rings. The first kappa shape index (κ1) is 11.4. The van der Waals surface area contributed by atoms with E-state index in [0.29, 0.717) is 0 Å². The van der Waals surface area contributed by atoms with Crippen LogP contribution in [-0.2, 0) is 0 Å². The van der Waals surface area contributed by atoms with Gasteiger partial charge in [0.2, 0.25) is 0 Å². The lowest BCUT2D eigenvalue weighted by Gasteiger charge is -2.14. The summed E-state index contributed by atoms with van der Waals surface area (Å²) in [5.74, 6) is -0.217. The van der Waals surface area contributed by atoms with Gasteiger partial charge < -0.3 is 9.73 Å². The molecule has 1 N–H and O–H groups in total. The summed E-state index contributed by atoms with van der Waals surface area (Å²) < 4.78 is 18.8. The highest BCUT2D eigenvalue weighted by atomic mass is 127. The summed E-state index contributed by atoms with van der Waals surface area (Å²) in [6, 6.07) is 6.75. The van der Waals surface area contributed by atoms with Crippen molar-refractivity contribution in [2.75, 3.05) is 5.32 Å². The zero-order chi connectivity index (χ0) is 11.5. The molecule has 0 bridgehead atoms. The van der Waals surface area contributed by atoms with Crippen LogP contribution in [0.2, 0.25) is 0 Å². The van der Waals surface area contributed by atoms with E-state index in [1.807, 2.05) is 13.0 Å². The van der Waals surface area contributed by atoms with Gasteiger partial charge in [-0.25, -0.2) is 4.39 Å². The molecule has 2 aromatic rings. The lowest BCUT2D eigenvalue weighted by Crippen LogP contribution is -2.06. The number of anilines is 1. The van der Waals surface area contributed by atoms with Gasteiger partial charge in [-0.3, -0.25) is 0 Å². The number of rotatable bonds is 3. The molecule has 4 heteroatoms. The number of nitrogens with one attached hydrogen (secondary N) is 1. The summed E-state index contributed by atoms with van der Waals surface area (Å²) in [5.41, 5.74) is 2.00. The smallest absolute Gasteiger partial charge is 0.124 e. The van der Waals surface area contributed by atoms with Crippen molar-refractivity contribution in [3.8, 4) is 0 Å². The molecule has 0 saturated carbocycles. The van der Waals surface area contributed by atoms with E-state index in [4.69, 9.17) is 4.42 Å². The van der Waals surface area contributed by atoms with Crippen molar-refractivity contribution >= 4 is 28.3 Å². The summed E-state index contributed by atoms with van der Waals surface area (Å²) in [5, 5.41) is 3.31. The van der Waals surface area contributed by atoms with Crippen LogP contribution in [-0.4, -0.2) is 0 Å². The van der Waals surface area contributed by atoms with Crippen molar-refractivity contribution in [2.45, 2.75) is 13.0 Å². The van der Waals surface area contributed by atoms with Crippen molar-refractivity contribution in [3.63, 3.8) is 0 Å². The molecule has 16 heavy (non-hydrogen) atoms. The van der Waals surface area contributed by atoms with Crippen LogP contribution in [0, 0.1) is 9.39 Å². The lowest BCUT2D eigenvalue weighted by atomic mass is 10.1. The number of furan rings is 1. The second-order valence-electron chi connectivity index (χ2n) is 3.55. The second-order valence-corrected chi connectivity index (χ2v) is 4.71. The molecule has 0 aliphatic heterocycles. The maximum Gasteiger partial charge on any atom is 0.124 e. The first-order valence-electron chi connectivity index (χ1n) is 4.90. The molecular weight excluding hydrogens is 320 g/mol. The molecule has 1 atom stereocenters. The van der Waals surface area contributed by atoms with Crippen LogP contribution in [0.5, 0.6) is 0 Å². The molecule has 1 heterocycles. The third kappa shape index (κ3) is 2.55. The predicted octanol–water partition coefficient (Wildman–Crippen LogP) is 4.20. The van der Waals surface area contributed by atoms with Crippen LogP contribution in [0.3, 0.4) is 0 Å². The van der Waals surface area contributed by atoms with E-state index in [1.54, 1.807) is 18.6 Å². The van der Waals surface area contributed by atoms with Crippen LogP contribution < -0.4 is 5.32 Å². The monoisotopic (exact) mass is 331 g/mol. The lowest BCUT2D eigenvalue weighted by molar-refractivity contribution is 0.562. The zero-order valence-electron chi connectivity index (χ0n) is 8.71. The highest BCUT2D eigenvalue weighted by Gasteiger charge is 2.08. The second kappa shape index (κ2) is 4.86. The van der Waals surface area contributed by atoms with Crippen LogP contribution >= 0.6 is 22.6 Å². The van der Waals surface area contributed by atoms with Gasteiger partial charge in [0.15, 0.2) is 0 Å². The standard InChI is InChI=1S/C12H11FINO/c1-8(9-4-5-16-7-9)15-12-3-2-10(13)6-11(12)14/h2-8,15H,1H3. The van der Waals surface area contributed by atoms with Crippen LogP contribution in [0.25, 0.3) is 0 Å². The van der Waals surface area contributed by atoms with E-state index in [-0.39, 0.29) is 11.9 Å². The average molecular weight is 331 g/mol. The molecule has 0 amide bonds. The summed E-state index contributed by atoms with van der Waals surface area (Å²) in [4.78, 5) is 0. The Labute approximate surface area is 107 Å². The SMILES string of the molecule is CC(Nc1ccc(F)cc1I)c1ccoc1. The molecule has 1 aromatic carbocycles. The number of hydrogen-bond acceptors (Lipinski definition) is 2. The highest BCUT2D eigenvalue weighted by Crippen LogP contribution is 2.24. The molecule has 0 saturated heterocycles. The quantitative estimate of drug-likeness (QED) is 0.853. The fourth-order valence-electron chi connectivity index (χ4n) is 1.44. The Balaban J connectivity index is 2.15. The summed E-state index contributed by atoms with van der Waals surface area (Å²) >= 11 is 2.11. The third-order valence-corrected chi connectivity index (χ3v) is 3.24. The Morgan fingerprint density at radius 1 is 1.38 bits per heavy atom. The van der Waals surface area contributed by atoms with Crippen molar-refractivity contribution in [1.82, 2.24) is 0 Å². The van der Waals surface area contributed by atoms with Crippen molar-refractivity contribution in [2.24, 2.45) is 0 Å². The minimum Gasteiger partial charge on any atom is -0.472 e. The van der Waals surface area contributed by atoms with E-state index in [1.165, 1.54) is 12.1 Å². The van der Waals surface area contributed by atoms with Crippen molar-refractivity contribution < 1.29 is 8.81 Å². The fraction of sp³-hybridized carbons (Fsp3) is 0.167. The number of halogens is 2. The summed E-state index contributed by atoms with van der Waals surface area (Å²) in [6.07, 6.45) is 3.34. The molecule has 0 aliphatic carbocycles. The van der Waals surface area contributed by atoms with Gasteiger partial charge in [0.25, 0.3) is 0 Å². The van der Waals surface area contributed by atoms with Gasteiger partial charge in [0.1, 0.15) is 5.82 Å². The maximum atomic E-state index is 12.9. The Bertz CT molecular complexity index is 470. The van der Waals surface area contributed by atoms with Gasteiger partial charge in [-0.1, -0.05) is 0 Å². The van der Waals surface area contributed by atoms with Gasteiger partial charge in [-0.2, -0.15) is 0 Å². The molecule has 0 spiro atoms. The first-order chi connectivity index (χ1) is 7.66. The maximum absolute atomic E-state index is 12.9. The van der Waals surface area contributed by atoms with Crippen LogP contribution in [0.4, 0.5) is 10.1 Å². The van der Waals surface area contributed by atoms with E-state index in [0.717, 1.165) is 14.8 Å². The van der Waals surface area contributed by atoms with Crippen LogP contribution in [0.15, 0.2) is 41.2 Å². The van der Waals surface area contributed by atoms with Gasteiger partial charge in [-0.15, -0.1) is 0 Å². The van der Waals surface area contributed by atoms with E-state index < -0.39 is 0 Å². The molecule has 0 radical (unpaired) electrons. The molecule has 1 aromatic heterocycles. The Morgan fingerprint density at radius 3 is 2.81 bits per heavy atom. The summed E-state index contributed by atoms with van der Waals surface area (Å²) in [6.45, 7) is 2.03. The van der Waals surface area contributed by atoms with Gasteiger partial charge >= 0.3 is 0 Å². The minimum absolute atomic E-state index is 0.137. The number of hydrogen-bond donors (Lipinski definition) is 1. The van der Waals surface area contributed by atoms with Gasteiger partial charge in [0.05, 0.1) is 18.6 Å². The average Bonchev–Trinajstić information content (AvgIpc) is 2.75. The van der Waals surface area contributed by atoms with Crippen molar-refractivity contribution in [1.29, 1.82) is 0 Å². The Morgan fingerprint density at radius 2 is 2.19 bits per heavy atom.